The molecule has 1 atom stereocenters. The van der Waals surface area contributed by atoms with Gasteiger partial charge in [0.2, 0.25) is 10.0 Å². The molecule has 3 N–H and O–H groups in total. The van der Waals surface area contributed by atoms with Gasteiger partial charge in [-0.1, -0.05) is 6.07 Å². The van der Waals surface area contributed by atoms with E-state index in [1.807, 2.05) is 7.05 Å². The number of alkyl halides is 3. The molecule has 0 spiro atoms. The van der Waals surface area contributed by atoms with E-state index in [0.717, 1.165) is 38.1 Å². The maximum atomic E-state index is 13.2. The molecule has 0 bridgehead atoms. The molecule has 1 fully saturated rings. The van der Waals surface area contributed by atoms with Crippen molar-refractivity contribution in [2.45, 2.75) is 30.0 Å². The van der Waals surface area contributed by atoms with Crippen LogP contribution < -0.4 is 10.5 Å². The summed E-state index contributed by atoms with van der Waals surface area (Å²) in [6.45, 7) is 1.83. The first-order chi connectivity index (χ1) is 15.0. The number of halogens is 3. The molecule has 12 heteroatoms. The van der Waals surface area contributed by atoms with Crippen molar-refractivity contribution in [1.29, 1.82) is 0 Å². The molecule has 8 nitrogen and oxygen atoms in total. The van der Waals surface area contributed by atoms with Gasteiger partial charge in [0, 0.05) is 41.3 Å². The van der Waals surface area contributed by atoms with Gasteiger partial charge >= 0.3 is 6.18 Å². The number of fused-ring (bicyclic) bond motifs is 1. The Labute approximate surface area is 182 Å². The van der Waals surface area contributed by atoms with Crippen LogP contribution in [0.3, 0.4) is 0 Å². The van der Waals surface area contributed by atoms with E-state index in [4.69, 9.17) is 5.14 Å². The Balaban J connectivity index is 1.84. The third kappa shape index (κ3) is 4.52. The minimum atomic E-state index is -4.73. The van der Waals surface area contributed by atoms with Crippen LogP contribution in [-0.4, -0.2) is 54.7 Å². The predicted molar refractivity (Wildman–Crippen MR) is 113 cm³/mol. The van der Waals surface area contributed by atoms with E-state index in [1.165, 1.54) is 6.20 Å². The fraction of sp³-hybridized carbons (Fsp3) is 0.350. The summed E-state index contributed by atoms with van der Waals surface area (Å²) in [5.41, 5.74) is -1.08. The number of pyridine rings is 1. The fourth-order valence-corrected chi connectivity index (χ4v) is 4.67. The van der Waals surface area contributed by atoms with Crippen LogP contribution in [0, 0.1) is 0 Å². The van der Waals surface area contributed by atoms with Gasteiger partial charge in [-0.3, -0.25) is 4.98 Å². The van der Waals surface area contributed by atoms with Gasteiger partial charge in [-0.25, -0.2) is 13.6 Å². The minimum Gasteiger partial charge on any atom is -0.364 e. The summed E-state index contributed by atoms with van der Waals surface area (Å²) in [5.74, 6) is 0.473. The minimum absolute atomic E-state index is 0.0619. The summed E-state index contributed by atoms with van der Waals surface area (Å²) in [6.07, 6.45) is 0.301. The van der Waals surface area contributed by atoms with Crippen molar-refractivity contribution in [2.75, 3.05) is 25.5 Å². The summed E-state index contributed by atoms with van der Waals surface area (Å²) in [5, 5.41) is 18.1. The lowest BCUT2D eigenvalue weighted by molar-refractivity contribution is -0.137. The Hall–Kier alpha value is -2.83. The Bertz CT molecular complexity index is 1270. The third-order valence-electron chi connectivity index (χ3n) is 5.42. The molecule has 1 aliphatic heterocycles. The average molecular weight is 466 g/mol. The van der Waals surface area contributed by atoms with E-state index in [2.05, 4.69) is 25.4 Å². The maximum Gasteiger partial charge on any atom is 0.416 e. The van der Waals surface area contributed by atoms with E-state index >= 15 is 0 Å². The Morgan fingerprint density at radius 3 is 2.66 bits per heavy atom. The first kappa shape index (κ1) is 22.4. The SMILES string of the molecule is CN1CCC[C@@H](Nc2nnc(-c3ccc(C(F)(F)F)cc3S(N)(=O)=O)c3ccncc23)C1. The summed E-state index contributed by atoms with van der Waals surface area (Å²) in [4.78, 5) is 5.65. The lowest BCUT2D eigenvalue weighted by Gasteiger charge is -2.30. The maximum absolute atomic E-state index is 13.2. The van der Waals surface area contributed by atoms with E-state index in [9.17, 15) is 21.6 Å². The van der Waals surface area contributed by atoms with Gasteiger partial charge < -0.3 is 10.2 Å². The molecule has 2 aromatic heterocycles. The van der Waals surface area contributed by atoms with Crippen molar-refractivity contribution in [3.8, 4) is 11.3 Å². The van der Waals surface area contributed by atoms with Gasteiger partial charge in [0.05, 0.1) is 10.5 Å². The van der Waals surface area contributed by atoms with E-state index in [1.54, 1.807) is 12.3 Å². The van der Waals surface area contributed by atoms with E-state index in [-0.39, 0.29) is 17.3 Å². The number of aromatic nitrogens is 3. The zero-order chi connectivity index (χ0) is 23.1. The van der Waals surface area contributed by atoms with E-state index < -0.39 is 26.7 Å². The second kappa shape index (κ2) is 8.26. The van der Waals surface area contributed by atoms with Crippen molar-refractivity contribution in [3.63, 3.8) is 0 Å². The molecule has 1 aromatic carbocycles. The number of rotatable bonds is 4. The largest absolute Gasteiger partial charge is 0.416 e. The molecule has 0 radical (unpaired) electrons. The lowest BCUT2D eigenvalue weighted by atomic mass is 10.0. The summed E-state index contributed by atoms with van der Waals surface area (Å²) < 4.78 is 63.8. The highest BCUT2D eigenvalue weighted by Gasteiger charge is 2.33. The highest BCUT2D eigenvalue weighted by atomic mass is 32.2. The second-order valence-corrected chi connectivity index (χ2v) is 9.35. The standard InChI is InChI=1S/C20H21F3N6O2S/c1-29-8-2-3-13(11-29)26-19-16-10-25-7-6-14(16)18(27-28-19)15-5-4-12(20(21,22)23)9-17(15)32(24,30)31/h4-7,9-10,13H,2-3,8,11H2,1H3,(H,26,28)(H2,24,30,31)/t13-/m1/s1. The van der Waals surface area contributed by atoms with Crippen LogP contribution in [0.5, 0.6) is 0 Å². The van der Waals surface area contributed by atoms with Crippen LogP contribution in [0.25, 0.3) is 22.0 Å². The van der Waals surface area contributed by atoms with Gasteiger partial charge in [0.25, 0.3) is 0 Å². The van der Waals surface area contributed by atoms with Gasteiger partial charge in [-0.2, -0.15) is 13.2 Å². The first-order valence-electron chi connectivity index (χ1n) is 9.84. The number of nitrogens with two attached hydrogens (primary N) is 1. The van der Waals surface area contributed by atoms with Gasteiger partial charge in [0.1, 0.15) is 5.69 Å². The van der Waals surface area contributed by atoms with Gasteiger partial charge in [0.15, 0.2) is 5.82 Å². The van der Waals surface area contributed by atoms with Crippen LogP contribution in [-0.2, 0) is 16.2 Å². The molecular formula is C20H21F3N6O2S. The number of nitrogens with zero attached hydrogens (tertiary/aromatic N) is 4. The molecule has 3 aromatic rings. The number of nitrogens with one attached hydrogen (secondary N) is 1. The number of likely N-dealkylation sites (tertiary alicyclic amines) is 1. The molecule has 170 valence electrons. The number of hydrogen-bond acceptors (Lipinski definition) is 7. The number of piperidine rings is 1. The average Bonchev–Trinajstić information content (AvgIpc) is 2.72. The number of sulfonamides is 1. The molecule has 0 amide bonds. The molecule has 0 aliphatic carbocycles. The fourth-order valence-electron chi connectivity index (χ4n) is 3.91. The van der Waals surface area contributed by atoms with Crippen molar-refractivity contribution >= 4 is 26.6 Å². The molecule has 32 heavy (non-hydrogen) atoms. The van der Waals surface area contributed by atoms with Crippen LogP contribution in [0.2, 0.25) is 0 Å². The Morgan fingerprint density at radius 1 is 1.19 bits per heavy atom. The highest BCUT2D eigenvalue weighted by molar-refractivity contribution is 7.89. The quantitative estimate of drug-likeness (QED) is 0.608. The van der Waals surface area contributed by atoms with Crippen LogP contribution in [0.15, 0.2) is 41.6 Å². The smallest absolute Gasteiger partial charge is 0.364 e. The zero-order valence-electron chi connectivity index (χ0n) is 17.1. The van der Waals surface area contributed by atoms with Crippen molar-refractivity contribution in [1.82, 2.24) is 20.1 Å². The van der Waals surface area contributed by atoms with Crippen molar-refractivity contribution in [2.24, 2.45) is 5.14 Å². The Morgan fingerprint density at radius 2 is 1.97 bits per heavy atom. The molecular weight excluding hydrogens is 445 g/mol. The number of likely N-dealkylation sites (N-methyl/N-ethyl adjacent to an activating group) is 1. The predicted octanol–water partition coefficient (Wildman–Crippen LogP) is 2.86. The highest BCUT2D eigenvalue weighted by Crippen LogP contribution is 2.37. The van der Waals surface area contributed by atoms with Crippen molar-refractivity contribution in [3.05, 3.63) is 42.2 Å². The molecule has 4 rings (SSSR count). The summed E-state index contributed by atoms with van der Waals surface area (Å²) >= 11 is 0. The number of anilines is 1. The monoisotopic (exact) mass is 466 g/mol. The topological polar surface area (TPSA) is 114 Å². The lowest BCUT2D eigenvalue weighted by Crippen LogP contribution is -2.40. The third-order valence-corrected chi connectivity index (χ3v) is 6.37. The zero-order valence-corrected chi connectivity index (χ0v) is 17.9. The van der Waals surface area contributed by atoms with Gasteiger partial charge in [-0.05, 0) is 44.6 Å². The molecule has 0 saturated carbocycles. The number of primary sulfonamides is 1. The summed E-state index contributed by atoms with van der Waals surface area (Å²) in [6, 6.07) is 4.12. The molecule has 0 unspecified atom stereocenters. The molecule has 3 heterocycles. The van der Waals surface area contributed by atoms with Crippen molar-refractivity contribution < 1.29 is 21.6 Å². The summed E-state index contributed by atoms with van der Waals surface area (Å²) in [7, 11) is -2.45. The molecule has 1 saturated heterocycles. The number of benzene rings is 1. The van der Waals surface area contributed by atoms with Gasteiger partial charge in [-0.15, -0.1) is 10.2 Å². The second-order valence-electron chi connectivity index (χ2n) is 7.82. The normalized spacial score (nSPS) is 18.1. The van der Waals surface area contributed by atoms with Crippen LogP contribution in [0.1, 0.15) is 18.4 Å². The first-order valence-corrected chi connectivity index (χ1v) is 11.4. The van der Waals surface area contributed by atoms with Crippen LogP contribution in [0.4, 0.5) is 19.0 Å². The Kier molecular flexibility index (Phi) is 5.77. The van der Waals surface area contributed by atoms with E-state index in [0.29, 0.717) is 22.7 Å². The number of hydrogen-bond donors (Lipinski definition) is 2. The molecule has 1 aliphatic rings. The van der Waals surface area contributed by atoms with Crippen LogP contribution >= 0.6 is 0 Å².